The van der Waals surface area contributed by atoms with Crippen LogP contribution < -0.4 is 10.6 Å². The van der Waals surface area contributed by atoms with Crippen LogP contribution in [-0.2, 0) is 9.53 Å². The molecular formula is C19H35ClN2O5S. The van der Waals surface area contributed by atoms with Crippen molar-refractivity contribution in [3.63, 3.8) is 0 Å². The fraction of sp³-hybridized carbons (Fsp3) is 0.947. The average molecular weight is 439 g/mol. The second kappa shape index (κ2) is 11.3. The third kappa shape index (κ3) is 5.97. The van der Waals surface area contributed by atoms with Crippen molar-refractivity contribution >= 4 is 29.3 Å². The van der Waals surface area contributed by atoms with Crippen LogP contribution in [0.4, 0.5) is 0 Å². The van der Waals surface area contributed by atoms with Gasteiger partial charge < -0.3 is 30.7 Å². The Morgan fingerprint density at radius 3 is 2.64 bits per heavy atom. The Morgan fingerprint density at radius 1 is 1.32 bits per heavy atom. The van der Waals surface area contributed by atoms with E-state index in [0.29, 0.717) is 5.92 Å². The minimum Gasteiger partial charge on any atom is -0.388 e. The van der Waals surface area contributed by atoms with Crippen molar-refractivity contribution in [2.45, 2.75) is 93.3 Å². The lowest BCUT2D eigenvalue weighted by molar-refractivity contribution is -0.205. The number of ether oxygens (including phenoxy) is 1. The molecule has 2 aliphatic heterocycles. The number of carbonyl (C=O) groups excluding carboxylic acids is 1. The van der Waals surface area contributed by atoms with Crippen molar-refractivity contribution in [3.05, 3.63) is 0 Å². The lowest BCUT2D eigenvalue weighted by Crippen LogP contribution is -2.65. The highest BCUT2D eigenvalue weighted by Gasteiger charge is 2.48. The first kappa shape index (κ1) is 24.2. The number of amides is 1. The number of hydrogen-bond donors (Lipinski definition) is 5. The molecule has 9 heteroatoms. The van der Waals surface area contributed by atoms with E-state index in [1.54, 1.807) is 13.2 Å². The number of rotatable bonds is 7. The molecule has 0 aliphatic carbocycles. The van der Waals surface area contributed by atoms with Gasteiger partial charge in [0.2, 0.25) is 5.91 Å². The van der Waals surface area contributed by atoms with Crippen LogP contribution in [0.15, 0.2) is 0 Å². The molecule has 0 aromatic heterocycles. The van der Waals surface area contributed by atoms with Gasteiger partial charge in [-0.3, -0.25) is 4.79 Å². The summed E-state index contributed by atoms with van der Waals surface area (Å²) in [5, 5.41) is 36.4. The first-order chi connectivity index (χ1) is 13.3. The summed E-state index contributed by atoms with van der Waals surface area (Å²) in [6, 6.07) is -1.01. The molecule has 2 heterocycles. The van der Waals surface area contributed by atoms with Crippen molar-refractivity contribution < 1.29 is 24.9 Å². The van der Waals surface area contributed by atoms with Crippen LogP contribution in [0.2, 0.25) is 0 Å². The molecule has 5 N–H and O–H groups in total. The van der Waals surface area contributed by atoms with Crippen LogP contribution >= 0.6 is 23.4 Å². The van der Waals surface area contributed by atoms with E-state index < -0.39 is 41.3 Å². The molecule has 1 amide bonds. The molecule has 164 valence electrons. The summed E-state index contributed by atoms with van der Waals surface area (Å²) < 4.78 is 5.81. The largest absolute Gasteiger partial charge is 0.388 e. The summed E-state index contributed by atoms with van der Waals surface area (Å²) in [7, 11) is 0. The maximum absolute atomic E-state index is 13.0. The van der Waals surface area contributed by atoms with Crippen molar-refractivity contribution in [1.82, 2.24) is 10.6 Å². The summed E-state index contributed by atoms with van der Waals surface area (Å²) in [6.45, 7) is 4.66. The van der Waals surface area contributed by atoms with Crippen molar-refractivity contribution in [3.8, 4) is 0 Å². The van der Waals surface area contributed by atoms with Gasteiger partial charge in [0, 0.05) is 0 Å². The molecule has 0 aromatic rings. The molecule has 28 heavy (non-hydrogen) atoms. The summed E-state index contributed by atoms with van der Waals surface area (Å²) in [5.74, 6) is 0.342. The number of halogens is 1. The smallest absolute Gasteiger partial charge is 0.237 e. The van der Waals surface area contributed by atoms with Gasteiger partial charge in [0.25, 0.3) is 0 Å². The molecule has 9 atom stereocenters. The Hall–Kier alpha value is -0.0900. The van der Waals surface area contributed by atoms with Gasteiger partial charge >= 0.3 is 0 Å². The normalized spacial score (nSPS) is 39.0. The van der Waals surface area contributed by atoms with Crippen LogP contribution in [0.1, 0.15) is 46.0 Å². The molecular weight excluding hydrogens is 404 g/mol. The Kier molecular flexibility index (Phi) is 9.80. The second-order valence-corrected chi connectivity index (χ2v) is 9.55. The fourth-order valence-electron chi connectivity index (χ4n) is 4.16. The van der Waals surface area contributed by atoms with Crippen LogP contribution in [0, 0.1) is 5.92 Å². The maximum Gasteiger partial charge on any atom is 0.237 e. The topological polar surface area (TPSA) is 111 Å². The Bertz CT molecular complexity index is 499. The van der Waals surface area contributed by atoms with Gasteiger partial charge in [0.1, 0.15) is 29.9 Å². The van der Waals surface area contributed by atoms with Gasteiger partial charge in [-0.05, 0) is 44.9 Å². The predicted molar refractivity (Wildman–Crippen MR) is 111 cm³/mol. The van der Waals surface area contributed by atoms with Crippen LogP contribution in [0.25, 0.3) is 0 Å². The van der Waals surface area contributed by atoms with E-state index in [1.165, 1.54) is 11.8 Å². The molecule has 2 rings (SSSR count). The first-order valence-corrected chi connectivity index (χ1v) is 11.9. The summed E-state index contributed by atoms with van der Waals surface area (Å²) in [4.78, 5) is 13.0. The molecule has 0 bridgehead atoms. The van der Waals surface area contributed by atoms with Gasteiger partial charge in [-0.15, -0.1) is 23.4 Å². The molecule has 2 fully saturated rings. The molecule has 0 aromatic carbocycles. The molecule has 0 spiro atoms. The Morgan fingerprint density at radius 2 is 2.04 bits per heavy atom. The zero-order valence-electron chi connectivity index (χ0n) is 16.9. The van der Waals surface area contributed by atoms with E-state index in [1.807, 2.05) is 0 Å². The number of thioether (sulfide) groups is 1. The van der Waals surface area contributed by atoms with Crippen molar-refractivity contribution in [2.75, 3.05) is 12.8 Å². The van der Waals surface area contributed by atoms with Crippen LogP contribution in [0.5, 0.6) is 0 Å². The Balaban J connectivity index is 2.09. The average Bonchev–Trinajstić information content (AvgIpc) is 2.91. The maximum atomic E-state index is 13.0. The quantitative estimate of drug-likeness (QED) is 0.374. The van der Waals surface area contributed by atoms with Gasteiger partial charge in [0.05, 0.1) is 17.5 Å². The number of carbonyl (C=O) groups is 1. The number of nitrogens with one attached hydrogen (secondary N) is 2. The van der Waals surface area contributed by atoms with Crippen molar-refractivity contribution in [2.24, 2.45) is 5.92 Å². The number of alkyl halides is 1. The molecule has 0 saturated carbocycles. The molecule has 9 unspecified atom stereocenters. The van der Waals surface area contributed by atoms with E-state index in [4.69, 9.17) is 16.3 Å². The van der Waals surface area contributed by atoms with E-state index in [9.17, 15) is 20.1 Å². The highest BCUT2D eigenvalue weighted by Crippen LogP contribution is 2.30. The molecule has 2 saturated heterocycles. The standard InChI is InChI=1S/C19H35ClN2O5S/c1-4-6-11-7-5-8-21-12(9-11)18(26)22-13(10(2)20)17-15(24)14(23)16(25)19(27-17)28-3/h10-17,19,21,23-25H,4-9H2,1-3H3,(H,22,26). The lowest BCUT2D eigenvalue weighted by Gasteiger charge is -2.44. The molecule has 0 radical (unpaired) electrons. The van der Waals surface area contributed by atoms with E-state index >= 15 is 0 Å². The summed E-state index contributed by atoms with van der Waals surface area (Å²) >= 11 is 7.57. The zero-order valence-corrected chi connectivity index (χ0v) is 18.5. The monoisotopic (exact) mass is 438 g/mol. The third-order valence-electron chi connectivity index (χ3n) is 5.76. The fourth-order valence-corrected chi connectivity index (χ4v) is 5.05. The number of aliphatic hydroxyl groups is 3. The lowest BCUT2D eigenvalue weighted by atomic mass is 9.91. The highest BCUT2D eigenvalue weighted by molar-refractivity contribution is 7.99. The van der Waals surface area contributed by atoms with Crippen LogP contribution in [-0.4, -0.2) is 81.3 Å². The number of aliphatic hydroxyl groups excluding tert-OH is 3. The number of hydrogen-bond acceptors (Lipinski definition) is 7. The highest BCUT2D eigenvalue weighted by atomic mass is 35.5. The Labute approximate surface area is 176 Å². The van der Waals surface area contributed by atoms with Crippen LogP contribution in [0.3, 0.4) is 0 Å². The van der Waals surface area contributed by atoms with E-state index in [2.05, 4.69) is 17.6 Å². The van der Waals surface area contributed by atoms with Gasteiger partial charge in [-0.2, -0.15) is 0 Å². The van der Waals surface area contributed by atoms with Crippen molar-refractivity contribution in [1.29, 1.82) is 0 Å². The van der Waals surface area contributed by atoms with E-state index in [0.717, 1.165) is 38.6 Å². The zero-order chi connectivity index (χ0) is 20.8. The minimum absolute atomic E-state index is 0.169. The van der Waals surface area contributed by atoms with Gasteiger partial charge in [0.15, 0.2) is 0 Å². The predicted octanol–water partition coefficient (Wildman–Crippen LogP) is 0.828. The molecule has 2 aliphatic rings. The first-order valence-electron chi connectivity index (χ1n) is 10.2. The van der Waals surface area contributed by atoms with Gasteiger partial charge in [-0.1, -0.05) is 19.8 Å². The molecule has 7 nitrogen and oxygen atoms in total. The second-order valence-electron chi connectivity index (χ2n) is 7.93. The third-order valence-corrected chi connectivity index (χ3v) is 6.88. The van der Waals surface area contributed by atoms with Gasteiger partial charge in [-0.25, -0.2) is 0 Å². The van der Waals surface area contributed by atoms with E-state index in [-0.39, 0.29) is 11.9 Å². The summed E-state index contributed by atoms with van der Waals surface area (Å²) in [6.07, 6.45) is 2.05. The summed E-state index contributed by atoms with van der Waals surface area (Å²) in [5.41, 5.74) is -0.705. The SMILES string of the molecule is CCCC1CCCNC(C(=O)NC(C(C)Cl)C2OC(SC)C(O)C(O)C2O)C1. The minimum atomic E-state index is -1.36.